The third-order valence-corrected chi connectivity index (χ3v) is 4.63. The largest absolute Gasteiger partial charge is 0.455 e. The van der Waals surface area contributed by atoms with E-state index in [1.807, 2.05) is 68.4 Å². The highest BCUT2D eigenvalue weighted by Gasteiger charge is 2.13. The van der Waals surface area contributed by atoms with E-state index in [9.17, 15) is 0 Å². The van der Waals surface area contributed by atoms with E-state index < -0.39 is 0 Å². The van der Waals surface area contributed by atoms with Crippen molar-refractivity contribution in [2.45, 2.75) is 13.8 Å². The summed E-state index contributed by atoms with van der Waals surface area (Å²) in [5.41, 5.74) is 4.30. The van der Waals surface area contributed by atoms with Crippen LogP contribution in [-0.2, 0) is 0 Å². The summed E-state index contributed by atoms with van der Waals surface area (Å²) < 4.78 is 6.19. The summed E-state index contributed by atoms with van der Waals surface area (Å²) in [6, 6.07) is 18.8. The van der Waals surface area contributed by atoms with E-state index in [-0.39, 0.29) is 0 Å². The smallest absolute Gasteiger partial charge is 0.155 e. The van der Waals surface area contributed by atoms with Crippen LogP contribution in [0, 0.1) is 13.8 Å². The van der Waals surface area contributed by atoms with Gasteiger partial charge in [0.1, 0.15) is 17.3 Å². The van der Waals surface area contributed by atoms with E-state index in [1.165, 1.54) is 0 Å². The Morgan fingerprint density at radius 1 is 0.897 bits per heavy atom. The van der Waals surface area contributed by atoms with Crippen molar-refractivity contribution in [1.29, 1.82) is 0 Å². The predicted molar refractivity (Wildman–Crippen MR) is 116 cm³/mol. The van der Waals surface area contributed by atoms with Gasteiger partial charge in [0.05, 0.1) is 5.69 Å². The lowest BCUT2D eigenvalue weighted by Gasteiger charge is -2.13. The number of hydrogen-bond donors (Lipinski definition) is 1. The summed E-state index contributed by atoms with van der Waals surface area (Å²) >= 11 is 6.05. The average molecular weight is 403 g/mol. The molecule has 0 saturated carbocycles. The van der Waals surface area contributed by atoms with Crippen LogP contribution in [0.1, 0.15) is 11.3 Å². The van der Waals surface area contributed by atoms with Crippen LogP contribution < -0.4 is 10.1 Å². The molecule has 0 fully saturated rings. The zero-order valence-corrected chi connectivity index (χ0v) is 16.8. The summed E-state index contributed by atoms with van der Waals surface area (Å²) in [5.74, 6) is 1.94. The molecule has 0 saturated heterocycles. The van der Waals surface area contributed by atoms with Crippen LogP contribution in [0.5, 0.6) is 11.5 Å². The monoisotopic (exact) mass is 402 g/mol. The van der Waals surface area contributed by atoms with E-state index in [2.05, 4.69) is 15.3 Å². The molecule has 144 valence electrons. The van der Waals surface area contributed by atoms with Crippen molar-refractivity contribution in [2.75, 3.05) is 5.32 Å². The number of nitrogens with one attached hydrogen (secondary N) is 1. The van der Waals surface area contributed by atoms with Gasteiger partial charge in [-0.05, 0) is 61.9 Å². The first-order valence-corrected chi connectivity index (χ1v) is 9.52. The molecule has 29 heavy (non-hydrogen) atoms. The molecule has 4 rings (SSSR count). The molecule has 5 nitrogen and oxygen atoms in total. The second kappa shape index (κ2) is 8.29. The summed E-state index contributed by atoms with van der Waals surface area (Å²) in [7, 11) is 0. The van der Waals surface area contributed by atoms with Crippen LogP contribution >= 0.6 is 11.6 Å². The van der Waals surface area contributed by atoms with Gasteiger partial charge >= 0.3 is 0 Å². The van der Waals surface area contributed by atoms with Gasteiger partial charge in [-0.2, -0.15) is 0 Å². The molecule has 1 aromatic carbocycles. The molecule has 6 heteroatoms. The van der Waals surface area contributed by atoms with Gasteiger partial charge in [-0.3, -0.25) is 4.98 Å². The fourth-order valence-electron chi connectivity index (χ4n) is 2.83. The molecule has 0 atom stereocenters. The quantitative estimate of drug-likeness (QED) is 0.421. The van der Waals surface area contributed by atoms with Gasteiger partial charge in [0.15, 0.2) is 5.75 Å². The van der Waals surface area contributed by atoms with Crippen LogP contribution in [0.3, 0.4) is 0 Å². The predicted octanol–water partition coefficient (Wildman–Crippen LogP) is 6.34. The lowest BCUT2D eigenvalue weighted by atomic mass is 10.1. The molecule has 0 spiro atoms. The van der Waals surface area contributed by atoms with E-state index in [1.54, 1.807) is 18.5 Å². The van der Waals surface area contributed by atoms with Gasteiger partial charge in [0.25, 0.3) is 0 Å². The normalized spacial score (nSPS) is 10.6. The van der Waals surface area contributed by atoms with Crippen LogP contribution in [0.4, 0.5) is 11.5 Å². The van der Waals surface area contributed by atoms with Crippen LogP contribution in [-0.4, -0.2) is 15.0 Å². The topological polar surface area (TPSA) is 59.9 Å². The maximum atomic E-state index is 6.19. The molecule has 3 heterocycles. The Bertz CT molecular complexity index is 1150. The highest BCUT2D eigenvalue weighted by molar-refractivity contribution is 6.30. The average Bonchev–Trinajstić information content (AvgIpc) is 2.71. The van der Waals surface area contributed by atoms with E-state index >= 15 is 0 Å². The SMILES string of the molecule is Cc1cc(Oc2ccnc(Nc3cccc(Cl)c3)c2)c(-c2ccccn2)nc1C. The van der Waals surface area contributed by atoms with Crippen LogP contribution in [0.25, 0.3) is 11.4 Å². The van der Waals surface area contributed by atoms with Gasteiger partial charge in [-0.15, -0.1) is 0 Å². The number of nitrogens with zero attached hydrogens (tertiary/aromatic N) is 3. The van der Waals surface area contributed by atoms with E-state index in [0.717, 1.165) is 22.6 Å². The van der Waals surface area contributed by atoms with Crippen molar-refractivity contribution in [2.24, 2.45) is 0 Å². The van der Waals surface area contributed by atoms with Gasteiger partial charge in [0.2, 0.25) is 0 Å². The van der Waals surface area contributed by atoms with E-state index in [0.29, 0.717) is 28.0 Å². The second-order valence-electron chi connectivity index (χ2n) is 6.57. The van der Waals surface area contributed by atoms with Gasteiger partial charge in [0, 0.05) is 34.9 Å². The Morgan fingerprint density at radius 3 is 2.59 bits per heavy atom. The third-order valence-electron chi connectivity index (χ3n) is 4.39. The third kappa shape index (κ3) is 4.52. The van der Waals surface area contributed by atoms with Crippen molar-refractivity contribution < 1.29 is 4.74 Å². The number of aryl methyl sites for hydroxylation is 2. The second-order valence-corrected chi connectivity index (χ2v) is 7.00. The first kappa shape index (κ1) is 18.9. The number of ether oxygens (including phenoxy) is 1. The van der Waals surface area contributed by atoms with Crippen LogP contribution in [0.2, 0.25) is 5.02 Å². The Morgan fingerprint density at radius 2 is 1.79 bits per heavy atom. The fraction of sp³-hybridized carbons (Fsp3) is 0.0870. The number of benzene rings is 1. The van der Waals surface area contributed by atoms with Crippen molar-refractivity contribution in [3.8, 4) is 22.9 Å². The zero-order chi connectivity index (χ0) is 20.2. The molecule has 0 aliphatic carbocycles. The van der Waals surface area contributed by atoms with Crippen molar-refractivity contribution >= 4 is 23.1 Å². The fourth-order valence-corrected chi connectivity index (χ4v) is 3.02. The molecule has 0 radical (unpaired) electrons. The number of hydrogen-bond acceptors (Lipinski definition) is 5. The molecular weight excluding hydrogens is 384 g/mol. The van der Waals surface area contributed by atoms with Crippen molar-refractivity contribution in [1.82, 2.24) is 15.0 Å². The number of anilines is 2. The maximum absolute atomic E-state index is 6.19. The minimum Gasteiger partial charge on any atom is -0.455 e. The molecule has 0 aliphatic rings. The molecule has 0 unspecified atom stereocenters. The van der Waals surface area contributed by atoms with E-state index in [4.69, 9.17) is 21.3 Å². The number of halogens is 1. The lowest BCUT2D eigenvalue weighted by Crippen LogP contribution is -1.98. The minimum absolute atomic E-state index is 0.645. The van der Waals surface area contributed by atoms with Crippen molar-refractivity contribution in [3.05, 3.63) is 89.3 Å². The molecule has 4 aromatic rings. The summed E-state index contributed by atoms with van der Waals surface area (Å²) in [6.07, 6.45) is 3.44. The minimum atomic E-state index is 0.645. The van der Waals surface area contributed by atoms with Gasteiger partial charge < -0.3 is 10.1 Å². The highest BCUT2D eigenvalue weighted by atomic mass is 35.5. The highest BCUT2D eigenvalue weighted by Crippen LogP contribution is 2.33. The summed E-state index contributed by atoms with van der Waals surface area (Å²) in [4.78, 5) is 13.5. The molecule has 0 aliphatic heterocycles. The molecular formula is C23H19ClN4O. The standard InChI is InChI=1S/C23H19ClN4O/c1-15-12-21(23(27-16(15)2)20-8-3-4-10-25-20)29-19-9-11-26-22(14-19)28-18-7-5-6-17(24)13-18/h3-14H,1-2H3,(H,26,28). The first-order valence-electron chi connectivity index (χ1n) is 9.14. The Hall–Kier alpha value is -3.44. The van der Waals surface area contributed by atoms with Gasteiger partial charge in [-0.25, -0.2) is 9.97 Å². The molecule has 0 bridgehead atoms. The number of rotatable bonds is 5. The Kier molecular flexibility index (Phi) is 5.40. The van der Waals surface area contributed by atoms with Gasteiger partial charge in [-0.1, -0.05) is 23.7 Å². The number of pyridine rings is 3. The lowest BCUT2D eigenvalue weighted by molar-refractivity contribution is 0.481. The molecule has 0 amide bonds. The van der Waals surface area contributed by atoms with Crippen LogP contribution in [0.15, 0.2) is 73.1 Å². The Balaban J connectivity index is 1.65. The van der Waals surface area contributed by atoms with Crippen molar-refractivity contribution in [3.63, 3.8) is 0 Å². The zero-order valence-electron chi connectivity index (χ0n) is 16.1. The molecule has 1 N–H and O–H groups in total. The maximum Gasteiger partial charge on any atom is 0.155 e. The molecule has 3 aromatic heterocycles. The number of aromatic nitrogens is 3. The first-order chi connectivity index (χ1) is 14.1. The summed E-state index contributed by atoms with van der Waals surface area (Å²) in [6.45, 7) is 3.99. The Labute approximate surface area is 174 Å². The summed E-state index contributed by atoms with van der Waals surface area (Å²) in [5, 5.41) is 3.89.